The molecular weight excluding hydrogens is 240 g/mol. The Morgan fingerprint density at radius 2 is 2.21 bits per heavy atom. The molecule has 0 fully saturated rings. The number of nitrogens with one attached hydrogen (secondary N) is 1. The van der Waals surface area contributed by atoms with Crippen LogP contribution in [-0.4, -0.2) is 34.8 Å². The van der Waals surface area contributed by atoms with Gasteiger partial charge in [-0.3, -0.25) is 0 Å². The van der Waals surface area contributed by atoms with Crippen LogP contribution in [0.15, 0.2) is 6.20 Å². The van der Waals surface area contributed by atoms with E-state index >= 15 is 0 Å². The zero-order chi connectivity index (χ0) is 13.9. The van der Waals surface area contributed by atoms with Crippen LogP contribution in [0.5, 0.6) is 0 Å². The predicted molar refractivity (Wildman–Crippen MR) is 76.9 cm³/mol. The molecule has 0 amide bonds. The highest BCUT2D eigenvalue weighted by molar-refractivity contribution is 4.91. The van der Waals surface area contributed by atoms with Crippen molar-refractivity contribution in [1.82, 2.24) is 20.3 Å². The highest BCUT2D eigenvalue weighted by Crippen LogP contribution is 2.04. The van der Waals surface area contributed by atoms with Crippen molar-refractivity contribution >= 4 is 0 Å². The smallest absolute Gasteiger partial charge is 0.0964 e. The van der Waals surface area contributed by atoms with Crippen LogP contribution >= 0.6 is 0 Å². The standard InChI is InChI=1S/C14H28N4O/c1-4-6-13(3)12-19-9-8-18-11-14(16-17-18)10-15-7-5-2/h11,13,15H,4-10,12H2,1-3H3. The fraction of sp³-hybridized carbons (Fsp3) is 0.857. The summed E-state index contributed by atoms with van der Waals surface area (Å²) in [5, 5.41) is 11.5. The van der Waals surface area contributed by atoms with Crippen LogP contribution in [0.4, 0.5) is 0 Å². The lowest BCUT2D eigenvalue weighted by Gasteiger charge is -2.10. The second-order valence-corrected chi connectivity index (χ2v) is 5.12. The van der Waals surface area contributed by atoms with E-state index in [9.17, 15) is 0 Å². The number of nitrogens with zero attached hydrogens (tertiary/aromatic N) is 3. The molecule has 0 bridgehead atoms. The molecule has 0 aliphatic rings. The van der Waals surface area contributed by atoms with Crippen LogP contribution in [0.3, 0.4) is 0 Å². The molecule has 0 saturated carbocycles. The van der Waals surface area contributed by atoms with Gasteiger partial charge in [-0.1, -0.05) is 32.4 Å². The molecule has 1 unspecified atom stereocenters. The third-order valence-corrected chi connectivity index (χ3v) is 2.97. The number of aromatic nitrogens is 3. The summed E-state index contributed by atoms with van der Waals surface area (Å²) >= 11 is 0. The molecule has 5 heteroatoms. The van der Waals surface area contributed by atoms with Gasteiger partial charge in [-0.25, -0.2) is 4.68 Å². The van der Waals surface area contributed by atoms with Crippen molar-refractivity contribution in [3.63, 3.8) is 0 Å². The average Bonchev–Trinajstić information content (AvgIpc) is 2.83. The van der Waals surface area contributed by atoms with Crippen molar-refractivity contribution in [2.75, 3.05) is 19.8 Å². The maximum absolute atomic E-state index is 5.66. The lowest BCUT2D eigenvalue weighted by molar-refractivity contribution is 0.0931. The molecule has 19 heavy (non-hydrogen) atoms. The monoisotopic (exact) mass is 268 g/mol. The second-order valence-electron chi connectivity index (χ2n) is 5.12. The molecule has 5 nitrogen and oxygen atoms in total. The van der Waals surface area contributed by atoms with Gasteiger partial charge in [0.15, 0.2) is 0 Å². The third kappa shape index (κ3) is 7.28. The van der Waals surface area contributed by atoms with E-state index in [4.69, 9.17) is 4.74 Å². The maximum Gasteiger partial charge on any atom is 0.0964 e. The number of ether oxygens (including phenoxy) is 1. The highest BCUT2D eigenvalue weighted by atomic mass is 16.5. The van der Waals surface area contributed by atoms with E-state index in [1.54, 1.807) is 0 Å². The van der Waals surface area contributed by atoms with Gasteiger partial charge in [-0.2, -0.15) is 0 Å². The van der Waals surface area contributed by atoms with E-state index in [2.05, 4.69) is 36.4 Å². The number of rotatable bonds is 11. The molecule has 1 aromatic heterocycles. The predicted octanol–water partition coefficient (Wildman–Crippen LogP) is 2.23. The van der Waals surface area contributed by atoms with Crippen molar-refractivity contribution in [2.45, 2.75) is 53.1 Å². The molecular formula is C14H28N4O. The summed E-state index contributed by atoms with van der Waals surface area (Å²) in [5.41, 5.74) is 0.993. The summed E-state index contributed by atoms with van der Waals surface area (Å²) in [5.74, 6) is 0.648. The van der Waals surface area contributed by atoms with Crippen LogP contribution in [-0.2, 0) is 17.8 Å². The first kappa shape index (κ1) is 16.1. The van der Waals surface area contributed by atoms with Crippen LogP contribution in [0.25, 0.3) is 0 Å². The zero-order valence-electron chi connectivity index (χ0n) is 12.6. The van der Waals surface area contributed by atoms with Crippen LogP contribution in [0, 0.1) is 5.92 Å². The van der Waals surface area contributed by atoms with Gasteiger partial charge in [0.05, 0.1) is 18.8 Å². The van der Waals surface area contributed by atoms with E-state index in [1.165, 1.54) is 12.8 Å². The van der Waals surface area contributed by atoms with Crippen molar-refractivity contribution in [3.05, 3.63) is 11.9 Å². The fourth-order valence-corrected chi connectivity index (χ4v) is 1.94. The van der Waals surface area contributed by atoms with Crippen LogP contribution in [0.2, 0.25) is 0 Å². The SMILES string of the molecule is CCCNCc1cn(CCOCC(C)CCC)nn1. The molecule has 0 spiro atoms. The Labute approximate surface area is 116 Å². The second kappa shape index (κ2) is 9.92. The van der Waals surface area contributed by atoms with Gasteiger partial charge in [0.1, 0.15) is 0 Å². The fourth-order valence-electron chi connectivity index (χ4n) is 1.94. The Hall–Kier alpha value is -0.940. The Bertz CT molecular complexity index is 327. The summed E-state index contributed by atoms with van der Waals surface area (Å²) < 4.78 is 7.51. The summed E-state index contributed by atoms with van der Waals surface area (Å²) in [7, 11) is 0. The van der Waals surface area contributed by atoms with Gasteiger partial charge >= 0.3 is 0 Å². The number of hydrogen-bond acceptors (Lipinski definition) is 4. The molecule has 0 aromatic carbocycles. The van der Waals surface area contributed by atoms with E-state index in [0.717, 1.165) is 38.4 Å². The number of hydrogen-bond donors (Lipinski definition) is 1. The molecule has 0 radical (unpaired) electrons. The van der Waals surface area contributed by atoms with Crippen molar-refractivity contribution in [1.29, 1.82) is 0 Å². The third-order valence-electron chi connectivity index (χ3n) is 2.97. The molecule has 0 saturated heterocycles. The lowest BCUT2D eigenvalue weighted by atomic mass is 10.1. The molecule has 1 rings (SSSR count). The Kier molecular flexibility index (Phi) is 8.41. The zero-order valence-corrected chi connectivity index (χ0v) is 12.6. The first-order chi connectivity index (χ1) is 9.26. The quantitative estimate of drug-likeness (QED) is 0.625. The minimum Gasteiger partial charge on any atom is -0.379 e. The molecule has 1 aromatic rings. The topological polar surface area (TPSA) is 52.0 Å². The van der Waals surface area contributed by atoms with Gasteiger partial charge in [0.25, 0.3) is 0 Å². The Balaban J connectivity index is 2.12. The van der Waals surface area contributed by atoms with E-state index in [1.807, 2.05) is 10.9 Å². The minimum absolute atomic E-state index is 0.648. The van der Waals surface area contributed by atoms with Crippen LogP contribution in [0.1, 0.15) is 45.7 Å². The first-order valence-corrected chi connectivity index (χ1v) is 7.43. The Morgan fingerprint density at radius 1 is 1.37 bits per heavy atom. The summed E-state index contributed by atoms with van der Waals surface area (Å²) in [4.78, 5) is 0. The summed E-state index contributed by atoms with van der Waals surface area (Å²) in [6, 6.07) is 0. The first-order valence-electron chi connectivity index (χ1n) is 7.43. The maximum atomic E-state index is 5.66. The van der Waals surface area contributed by atoms with E-state index < -0.39 is 0 Å². The van der Waals surface area contributed by atoms with Crippen molar-refractivity contribution in [2.24, 2.45) is 5.92 Å². The van der Waals surface area contributed by atoms with Gasteiger partial charge in [0, 0.05) is 19.3 Å². The normalized spacial score (nSPS) is 12.8. The van der Waals surface area contributed by atoms with Gasteiger partial charge in [0.2, 0.25) is 0 Å². The molecule has 110 valence electrons. The van der Waals surface area contributed by atoms with Crippen molar-refractivity contribution < 1.29 is 4.74 Å². The van der Waals surface area contributed by atoms with E-state index in [0.29, 0.717) is 12.5 Å². The molecule has 0 aliphatic carbocycles. The minimum atomic E-state index is 0.648. The van der Waals surface area contributed by atoms with Gasteiger partial charge in [-0.05, 0) is 25.3 Å². The molecule has 0 aliphatic heterocycles. The summed E-state index contributed by atoms with van der Waals surface area (Å²) in [6.07, 6.45) is 5.58. The molecule has 1 atom stereocenters. The van der Waals surface area contributed by atoms with Crippen LogP contribution < -0.4 is 5.32 Å². The molecule has 1 N–H and O–H groups in total. The lowest BCUT2D eigenvalue weighted by Crippen LogP contribution is -2.14. The largest absolute Gasteiger partial charge is 0.379 e. The Morgan fingerprint density at radius 3 is 2.95 bits per heavy atom. The summed E-state index contributed by atoms with van der Waals surface area (Å²) in [6.45, 7) is 10.7. The van der Waals surface area contributed by atoms with Gasteiger partial charge < -0.3 is 10.1 Å². The van der Waals surface area contributed by atoms with E-state index in [-0.39, 0.29) is 0 Å². The van der Waals surface area contributed by atoms with Crippen molar-refractivity contribution in [3.8, 4) is 0 Å². The van der Waals surface area contributed by atoms with Gasteiger partial charge in [-0.15, -0.1) is 5.10 Å². The highest BCUT2D eigenvalue weighted by Gasteiger charge is 2.02. The molecule has 1 heterocycles. The average molecular weight is 268 g/mol.